The summed E-state index contributed by atoms with van der Waals surface area (Å²) < 4.78 is 0. The van der Waals surface area contributed by atoms with Crippen LogP contribution in [0.15, 0.2) is 12.2 Å². The molecule has 0 rings (SSSR count). The van der Waals surface area contributed by atoms with Crippen LogP contribution in [-0.4, -0.2) is 24.9 Å². The van der Waals surface area contributed by atoms with E-state index < -0.39 is 0 Å². The molecular weight excluding hydrogens is 180 g/mol. The van der Waals surface area contributed by atoms with Gasteiger partial charge in [-0.3, -0.25) is 0 Å². The molecule has 0 amide bonds. The molecule has 0 aliphatic rings. The van der Waals surface area contributed by atoms with Crippen LogP contribution >= 0.6 is 0 Å². The number of allylic oxidation sites excluding steroid dienone is 1. The summed E-state index contributed by atoms with van der Waals surface area (Å²) in [5, 5.41) is 8.49. The topological polar surface area (TPSA) is 38.7 Å². The van der Waals surface area contributed by atoms with Gasteiger partial charge in [-0.1, -0.05) is 5.57 Å². The highest BCUT2D eigenvalue weighted by Crippen LogP contribution is 2.03. The first-order valence-corrected chi connectivity index (χ1v) is 5.27. The molecule has 0 atom stereocenters. The third-order valence-corrected chi connectivity index (χ3v) is 1.80. The summed E-state index contributed by atoms with van der Waals surface area (Å²) in [5.41, 5.74) is 1.22. The van der Waals surface area contributed by atoms with Crippen LogP contribution in [-0.2, 0) is 9.78 Å². The second-order valence-electron chi connectivity index (χ2n) is 3.49. The molecule has 3 heteroatoms. The molecule has 0 saturated heterocycles. The van der Waals surface area contributed by atoms with E-state index in [0.29, 0.717) is 13.2 Å². The minimum atomic E-state index is 0.224. The second-order valence-corrected chi connectivity index (χ2v) is 3.49. The maximum absolute atomic E-state index is 8.49. The van der Waals surface area contributed by atoms with E-state index in [1.807, 2.05) is 6.92 Å². The summed E-state index contributed by atoms with van der Waals surface area (Å²) in [6.07, 6.45) is 4.80. The Morgan fingerprint density at radius 2 is 1.64 bits per heavy atom. The number of aliphatic hydroxyl groups excluding tert-OH is 1. The summed E-state index contributed by atoms with van der Waals surface area (Å²) in [6.45, 7) is 7.30. The molecule has 0 aromatic heterocycles. The van der Waals surface area contributed by atoms with Crippen molar-refractivity contribution >= 4 is 0 Å². The Kier molecular flexibility index (Phi) is 10.4. The van der Waals surface area contributed by atoms with Crippen LogP contribution in [0.25, 0.3) is 0 Å². The number of unbranched alkanes of at least 4 members (excludes halogenated alkanes) is 2. The first kappa shape index (κ1) is 13.6. The Labute approximate surface area is 86.6 Å². The van der Waals surface area contributed by atoms with Gasteiger partial charge in [0.1, 0.15) is 0 Å². The van der Waals surface area contributed by atoms with Crippen molar-refractivity contribution in [3.8, 4) is 0 Å². The van der Waals surface area contributed by atoms with Gasteiger partial charge in [0.05, 0.1) is 13.2 Å². The molecule has 3 nitrogen and oxygen atoms in total. The van der Waals surface area contributed by atoms with Gasteiger partial charge in [0, 0.05) is 6.61 Å². The maximum Gasteiger partial charge on any atom is 0.0823 e. The van der Waals surface area contributed by atoms with Gasteiger partial charge in [-0.2, -0.15) is 0 Å². The quantitative estimate of drug-likeness (QED) is 0.256. The highest BCUT2D eigenvalue weighted by atomic mass is 17.2. The molecule has 0 heterocycles. The van der Waals surface area contributed by atoms with E-state index in [9.17, 15) is 0 Å². The molecule has 0 unspecified atom stereocenters. The van der Waals surface area contributed by atoms with Gasteiger partial charge in [0.25, 0.3) is 0 Å². The van der Waals surface area contributed by atoms with E-state index in [-0.39, 0.29) is 6.61 Å². The van der Waals surface area contributed by atoms with Gasteiger partial charge in [0.15, 0.2) is 0 Å². The van der Waals surface area contributed by atoms with E-state index in [4.69, 9.17) is 14.9 Å². The molecule has 0 aliphatic heterocycles. The van der Waals surface area contributed by atoms with Crippen LogP contribution in [0.3, 0.4) is 0 Å². The zero-order valence-corrected chi connectivity index (χ0v) is 9.13. The van der Waals surface area contributed by atoms with Crippen molar-refractivity contribution in [2.75, 3.05) is 19.8 Å². The third-order valence-electron chi connectivity index (χ3n) is 1.80. The zero-order valence-electron chi connectivity index (χ0n) is 9.13. The molecule has 0 fully saturated rings. The molecule has 0 spiro atoms. The fourth-order valence-corrected chi connectivity index (χ4v) is 0.978. The van der Waals surface area contributed by atoms with Crippen molar-refractivity contribution in [1.82, 2.24) is 0 Å². The first-order chi connectivity index (χ1) is 6.77. The highest BCUT2D eigenvalue weighted by Gasteiger charge is 1.92. The van der Waals surface area contributed by atoms with Crippen LogP contribution in [0.4, 0.5) is 0 Å². The van der Waals surface area contributed by atoms with E-state index in [2.05, 4.69) is 6.58 Å². The second kappa shape index (κ2) is 10.7. The Balaban J connectivity index is 2.88. The van der Waals surface area contributed by atoms with Crippen molar-refractivity contribution in [3.63, 3.8) is 0 Å². The minimum absolute atomic E-state index is 0.224. The Hall–Kier alpha value is -0.380. The van der Waals surface area contributed by atoms with Gasteiger partial charge >= 0.3 is 0 Å². The fraction of sp³-hybridized carbons (Fsp3) is 0.818. The fourth-order valence-electron chi connectivity index (χ4n) is 0.978. The SMILES string of the molecule is C=C(C)CCCCOOCCCCO. The smallest absolute Gasteiger partial charge is 0.0823 e. The summed E-state index contributed by atoms with van der Waals surface area (Å²) in [7, 11) is 0. The number of aliphatic hydroxyl groups is 1. The van der Waals surface area contributed by atoms with Crippen molar-refractivity contribution in [2.45, 2.75) is 39.0 Å². The molecule has 0 saturated carbocycles. The van der Waals surface area contributed by atoms with Crippen molar-refractivity contribution in [2.24, 2.45) is 0 Å². The molecule has 0 radical (unpaired) electrons. The molecule has 0 bridgehead atoms. The summed E-state index contributed by atoms with van der Waals surface area (Å²) in [4.78, 5) is 9.86. The largest absolute Gasteiger partial charge is 0.396 e. The third kappa shape index (κ3) is 11.6. The average Bonchev–Trinajstić information content (AvgIpc) is 2.15. The zero-order chi connectivity index (χ0) is 10.6. The number of rotatable bonds is 10. The monoisotopic (exact) mass is 202 g/mol. The summed E-state index contributed by atoms with van der Waals surface area (Å²) in [6, 6.07) is 0. The predicted molar refractivity (Wildman–Crippen MR) is 56.9 cm³/mol. The van der Waals surface area contributed by atoms with E-state index in [1.165, 1.54) is 5.57 Å². The normalized spacial score (nSPS) is 10.4. The van der Waals surface area contributed by atoms with Gasteiger partial charge in [0.2, 0.25) is 0 Å². The molecule has 0 aliphatic carbocycles. The van der Waals surface area contributed by atoms with E-state index in [0.717, 1.165) is 32.1 Å². The summed E-state index contributed by atoms with van der Waals surface area (Å²) >= 11 is 0. The van der Waals surface area contributed by atoms with Gasteiger partial charge in [-0.05, 0) is 39.0 Å². The van der Waals surface area contributed by atoms with Crippen LogP contribution in [0.1, 0.15) is 39.0 Å². The highest BCUT2D eigenvalue weighted by molar-refractivity contribution is 4.86. The van der Waals surface area contributed by atoms with Crippen LogP contribution in [0.2, 0.25) is 0 Å². The van der Waals surface area contributed by atoms with Crippen LogP contribution in [0.5, 0.6) is 0 Å². The maximum atomic E-state index is 8.49. The lowest BCUT2D eigenvalue weighted by Gasteiger charge is -2.03. The van der Waals surface area contributed by atoms with Crippen LogP contribution in [0, 0.1) is 0 Å². The lowest BCUT2D eigenvalue weighted by atomic mass is 10.1. The lowest BCUT2D eigenvalue weighted by molar-refractivity contribution is -0.295. The predicted octanol–water partition coefficient (Wildman–Crippen LogP) is 2.45. The minimum Gasteiger partial charge on any atom is -0.396 e. The average molecular weight is 202 g/mol. The molecule has 0 aromatic rings. The molecule has 0 aromatic carbocycles. The van der Waals surface area contributed by atoms with Crippen LogP contribution < -0.4 is 0 Å². The number of hydrogen-bond acceptors (Lipinski definition) is 3. The Morgan fingerprint density at radius 1 is 1.07 bits per heavy atom. The molecule has 1 N–H and O–H groups in total. The Morgan fingerprint density at radius 3 is 2.14 bits per heavy atom. The van der Waals surface area contributed by atoms with Gasteiger partial charge in [-0.25, -0.2) is 9.78 Å². The standard InChI is InChI=1S/C11H22O3/c1-11(2)7-3-5-9-13-14-10-6-4-8-12/h12H,1,3-10H2,2H3. The summed E-state index contributed by atoms with van der Waals surface area (Å²) in [5.74, 6) is 0. The molecular formula is C11H22O3. The van der Waals surface area contributed by atoms with Crippen molar-refractivity contribution in [3.05, 3.63) is 12.2 Å². The van der Waals surface area contributed by atoms with E-state index in [1.54, 1.807) is 0 Å². The van der Waals surface area contributed by atoms with Crippen molar-refractivity contribution < 1.29 is 14.9 Å². The van der Waals surface area contributed by atoms with Crippen molar-refractivity contribution in [1.29, 1.82) is 0 Å². The van der Waals surface area contributed by atoms with Gasteiger partial charge in [-0.15, -0.1) is 6.58 Å². The first-order valence-electron chi connectivity index (χ1n) is 5.27. The lowest BCUT2D eigenvalue weighted by Crippen LogP contribution is -1.99. The molecule has 14 heavy (non-hydrogen) atoms. The number of hydrogen-bond donors (Lipinski definition) is 1. The molecule has 84 valence electrons. The van der Waals surface area contributed by atoms with Gasteiger partial charge < -0.3 is 5.11 Å². The Bertz CT molecular complexity index is 134. The van der Waals surface area contributed by atoms with E-state index >= 15 is 0 Å².